The van der Waals surface area contributed by atoms with Gasteiger partial charge in [0.05, 0.1) is 11.0 Å². The Labute approximate surface area is 126 Å². The van der Waals surface area contributed by atoms with E-state index in [4.69, 9.17) is 5.11 Å². The van der Waals surface area contributed by atoms with Crippen LogP contribution in [0.25, 0.3) is 0 Å². The summed E-state index contributed by atoms with van der Waals surface area (Å²) in [5.41, 5.74) is 0. The molecule has 1 unspecified atom stereocenters. The molecule has 2 heterocycles. The fraction of sp³-hybridized carbons (Fsp3) is 0.692. The van der Waals surface area contributed by atoms with Crippen LogP contribution in [-0.4, -0.2) is 68.7 Å². The highest BCUT2D eigenvalue weighted by molar-refractivity contribution is 8.01. The summed E-state index contributed by atoms with van der Waals surface area (Å²) in [5.74, 6) is -1.70. The second-order valence-corrected chi connectivity index (χ2v) is 6.25. The van der Waals surface area contributed by atoms with Crippen LogP contribution in [0.1, 0.15) is 26.2 Å². The second kappa shape index (κ2) is 6.46. The van der Waals surface area contributed by atoms with Crippen molar-refractivity contribution in [3.63, 3.8) is 0 Å². The average Bonchev–Trinajstić information content (AvgIpc) is 3.01. The lowest BCUT2D eigenvalue weighted by Gasteiger charge is -2.21. The van der Waals surface area contributed by atoms with Gasteiger partial charge in [0.15, 0.2) is 0 Å². The molecule has 2 aliphatic heterocycles. The van der Waals surface area contributed by atoms with E-state index in [1.165, 1.54) is 9.80 Å². The van der Waals surface area contributed by atoms with Crippen molar-refractivity contribution in [3.8, 4) is 0 Å². The summed E-state index contributed by atoms with van der Waals surface area (Å²) in [7, 11) is 0. The lowest BCUT2D eigenvalue weighted by atomic mass is 10.2. The molecule has 1 N–H and O–H groups in total. The minimum absolute atomic E-state index is 0.0328. The van der Waals surface area contributed by atoms with E-state index >= 15 is 0 Å². The Balaban J connectivity index is 1.89. The van der Waals surface area contributed by atoms with Gasteiger partial charge in [0.2, 0.25) is 17.7 Å². The Morgan fingerprint density at radius 2 is 2.10 bits per heavy atom. The van der Waals surface area contributed by atoms with Crippen molar-refractivity contribution >= 4 is 35.5 Å². The largest absolute Gasteiger partial charge is 0.480 e. The summed E-state index contributed by atoms with van der Waals surface area (Å²) in [6, 6.07) is -0.758. The van der Waals surface area contributed by atoms with Gasteiger partial charge in [0, 0.05) is 19.5 Å². The molecule has 0 aromatic heterocycles. The van der Waals surface area contributed by atoms with Crippen LogP contribution in [-0.2, 0) is 19.2 Å². The van der Waals surface area contributed by atoms with E-state index in [1.807, 2.05) is 0 Å². The van der Waals surface area contributed by atoms with Crippen LogP contribution >= 0.6 is 11.8 Å². The zero-order valence-corrected chi connectivity index (χ0v) is 12.6. The number of carboxylic acids is 1. The van der Waals surface area contributed by atoms with Gasteiger partial charge >= 0.3 is 5.97 Å². The van der Waals surface area contributed by atoms with Gasteiger partial charge in [0.25, 0.3) is 0 Å². The first-order valence-electron chi connectivity index (χ1n) is 6.93. The van der Waals surface area contributed by atoms with E-state index in [2.05, 4.69) is 0 Å². The van der Waals surface area contributed by atoms with Crippen LogP contribution in [0, 0.1) is 0 Å². The molecule has 2 rings (SSSR count). The van der Waals surface area contributed by atoms with Crippen LogP contribution in [0.4, 0.5) is 0 Å². The van der Waals surface area contributed by atoms with Gasteiger partial charge in [-0.15, -0.1) is 11.8 Å². The number of amides is 3. The normalized spacial score (nSPS) is 25.8. The van der Waals surface area contributed by atoms with Gasteiger partial charge in [-0.2, -0.15) is 0 Å². The van der Waals surface area contributed by atoms with Crippen LogP contribution < -0.4 is 0 Å². The van der Waals surface area contributed by atoms with Gasteiger partial charge in [-0.3, -0.25) is 19.3 Å². The van der Waals surface area contributed by atoms with E-state index in [0.29, 0.717) is 25.9 Å². The molecule has 0 radical (unpaired) electrons. The van der Waals surface area contributed by atoms with Gasteiger partial charge in [-0.25, -0.2) is 4.79 Å². The zero-order valence-electron chi connectivity index (χ0n) is 11.8. The van der Waals surface area contributed by atoms with Gasteiger partial charge < -0.3 is 10.0 Å². The Bertz CT molecular complexity index is 481. The van der Waals surface area contributed by atoms with Crippen molar-refractivity contribution in [3.05, 3.63) is 0 Å². The maximum atomic E-state index is 12.1. The first-order valence-corrected chi connectivity index (χ1v) is 7.98. The lowest BCUT2D eigenvalue weighted by Crippen LogP contribution is -2.41. The summed E-state index contributed by atoms with van der Waals surface area (Å²) in [6.07, 6.45) is 1.26. The number of rotatable bonds is 5. The highest BCUT2D eigenvalue weighted by atomic mass is 32.2. The molecule has 8 heteroatoms. The Morgan fingerprint density at radius 1 is 1.38 bits per heavy atom. The van der Waals surface area contributed by atoms with Crippen molar-refractivity contribution in [1.29, 1.82) is 0 Å². The molecule has 0 bridgehead atoms. The third-order valence-electron chi connectivity index (χ3n) is 3.78. The van der Waals surface area contributed by atoms with Gasteiger partial charge in [0.1, 0.15) is 6.04 Å². The lowest BCUT2D eigenvalue weighted by molar-refractivity contribution is -0.147. The van der Waals surface area contributed by atoms with Crippen molar-refractivity contribution in [2.45, 2.75) is 37.5 Å². The number of hydrogen-bond donors (Lipinski definition) is 1. The van der Waals surface area contributed by atoms with E-state index in [0.717, 1.165) is 11.8 Å². The summed E-state index contributed by atoms with van der Waals surface area (Å²) < 4.78 is 0. The molecule has 7 nitrogen and oxygen atoms in total. The van der Waals surface area contributed by atoms with Crippen LogP contribution in [0.2, 0.25) is 0 Å². The quantitative estimate of drug-likeness (QED) is 0.715. The van der Waals surface area contributed by atoms with Gasteiger partial charge in [-0.1, -0.05) is 0 Å². The SMILES string of the molecule is CCN1C(=O)CC(SCC(=O)N2CCC[C@H]2C(=O)O)C1=O. The van der Waals surface area contributed by atoms with Crippen LogP contribution in [0.5, 0.6) is 0 Å². The molecule has 21 heavy (non-hydrogen) atoms. The first-order chi connectivity index (χ1) is 9.95. The molecule has 0 spiro atoms. The summed E-state index contributed by atoms with van der Waals surface area (Å²) >= 11 is 1.13. The number of hydrogen-bond acceptors (Lipinski definition) is 5. The number of imide groups is 1. The Kier molecular flexibility index (Phi) is 4.87. The standard InChI is InChI=1S/C13H18N2O5S/c1-2-14-10(16)6-9(12(14)18)21-7-11(17)15-5-3-4-8(15)13(19)20/h8-9H,2-7H2,1H3,(H,19,20)/t8-,9?/m0/s1. The van der Waals surface area contributed by atoms with Crippen LogP contribution in [0.15, 0.2) is 0 Å². The third kappa shape index (κ3) is 3.20. The topological polar surface area (TPSA) is 95.0 Å². The molecule has 2 aliphatic rings. The average molecular weight is 314 g/mol. The number of thioether (sulfide) groups is 1. The predicted octanol–water partition coefficient (Wildman–Crippen LogP) is -0.0574. The Morgan fingerprint density at radius 3 is 2.67 bits per heavy atom. The zero-order chi connectivity index (χ0) is 15.6. The highest BCUT2D eigenvalue weighted by Gasteiger charge is 2.39. The number of nitrogens with zero attached hydrogens (tertiary/aromatic N) is 2. The highest BCUT2D eigenvalue weighted by Crippen LogP contribution is 2.26. The molecular weight excluding hydrogens is 296 g/mol. The minimum atomic E-state index is -0.991. The molecule has 0 saturated carbocycles. The van der Waals surface area contributed by atoms with Crippen molar-refractivity contribution in [2.75, 3.05) is 18.8 Å². The van der Waals surface area contributed by atoms with Crippen molar-refractivity contribution < 1.29 is 24.3 Å². The molecule has 3 amide bonds. The molecule has 0 aromatic rings. The molecule has 0 aliphatic carbocycles. The molecular formula is C13H18N2O5S. The van der Waals surface area contributed by atoms with Crippen molar-refractivity contribution in [2.24, 2.45) is 0 Å². The number of carboxylic acid groups (broad SMARTS) is 1. The van der Waals surface area contributed by atoms with Crippen molar-refractivity contribution in [1.82, 2.24) is 9.80 Å². The van der Waals surface area contributed by atoms with E-state index < -0.39 is 17.3 Å². The maximum Gasteiger partial charge on any atom is 0.326 e. The summed E-state index contributed by atoms with van der Waals surface area (Å²) in [6.45, 7) is 2.51. The van der Waals surface area contributed by atoms with Crippen LogP contribution in [0.3, 0.4) is 0 Å². The minimum Gasteiger partial charge on any atom is -0.480 e. The third-order valence-corrected chi connectivity index (χ3v) is 4.97. The second-order valence-electron chi connectivity index (χ2n) is 5.06. The number of carbonyl (C=O) groups excluding carboxylic acids is 3. The van der Waals surface area contributed by atoms with E-state index in [-0.39, 0.29) is 29.9 Å². The van der Waals surface area contributed by atoms with Gasteiger partial charge in [-0.05, 0) is 19.8 Å². The van der Waals surface area contributed by atoms with E-state index in [9.17, 15) is 19.2 Å². The fourth-order valence-electron chi connectivity index (χ4n) is 2.69. The number of carbonyl (C=O) groups is 4. The number of likely N-dealkylation sites (tertiary alicyclic amines) is 2. The maximum absolute atomic E-state index is 12.1. The molecule has 2 fully saturated rings. The summed E-state index contributed by atoms with van der Waals surface area (Å²) in [5, 5.41) is 8.53. The van der Waals surface area contributed by atoms with E-state index in [1.54, 1.807) is 6.92 Å². The fourth-order valence-corrected chi connectivity index (χ4v) is 3.73. The monoisotopic (exact) mass is 314 g/mol. The molecule has 0 aromatic carbocycles. The molecule has 2 atom stereocenters. The molecule has 2 saturated heterocycles. The number of aliphatic carboxylic acids is 1. The predicted molar refractivity (Wildman–Crippen MR) is 75.6 cm³/mol. The molecule has 116 valence electrons. The Hall–Kier alpha value is -1.57. The summed E-state index contributed by atoms with van der Waals surface area (Å²) in [4.78, 5) is 49.2. The smallest absolute Gasteiger partial charge is 0.326 e. The first kappa shape index (κ1) is 15.8.